The third-order valence-corrected chi connectivity index (χ3v) is 5.47. The van der Waals surface area contributed by atoms with Crippen molar-refractivity contribution in [2.75, 3.05) is 20.2 Å². The van der Waals surface area contributed by atoms with E-state index in [1.807, 2.05) is 13.8 Å². The molecule has 0 saturated carbocycles. The standard InChI is InChI=1S/C19H31N3O5S/c1-5-27-19(24)22-16(12-14(2)3)13-21-18(23)11-8-15-6-9-17(10-7-15)28(25,26)20-4/h6-7,9-10,14,16,20H,5,8,11-13H2,1-4H3,(H,21,23)(H,22,24). The number of carbonyl (C=O) groups is 2. The smallest absolute Gasteiger partial charge is 0.407 e. The van der Waals surface area contributed by atoms with Gasteiger partial charge in [0, 0.05) is 19.0 Å². The van der Waals surface area contributed by atoms with Gasteiger partial charge in [0.1, 0.15) is 0 Å². The molecule has 0 fully saturated rings. The van der Waals surface area contributed by atoms with Crippen LogP contribution in [-0.4, -0.2) is 46.7 Å². The first-order chi connectivity index (χ1) is 13.2. The SMILES string of the molecule is CCOC(=O)NC(CNC(=O)CCc1ccc(S(=O)(=O)NC)cc1)CC(C)C. The van der Waals surface area contributed by atoms with Crippen LogP contribution in [0.3, 0.4) is 0 Å². The van der Waals surface area contributed by atoms with E-state index in [2.05, 4.69) is 15.4 Å². The molecule has 158 valence electrons. The van der Waals surface area contributed by atoms with Crippen molar-refractivity contribution in [2.24, 2.45) is 5.92 Å². The highest BCUT2D eigenvalue weighted by atomic mass is 32.2. The fourth-order valence-electron chi connectivity index (χ4n) is 2.64. The molecule has 0 saturated heterocycles. The molecule has 1 aromatic carbocycles. The number of sulfonamides is 1. The Bertz CT molecular complexity index is 732. The highest BCUT2D eigenvalue weighted by Gasteiger charge is 2.16. The zero-order valence-electron chi connectivity index (χ0n) is 16.9. The number of hydrogen-bond acceptors (Lipinski definition) is 5. The Balaban J connectivity index is 2.50. The van der Waals surface area contributed by atoms with E-state index in [0.29, 0.717) is 25.5 Å². The number of rotatable bonds is 11. The van der Waals surface area contributed by atoms with E-state index in [-0.39, 0.29) is 23.3 Å². The molecule has 0 heterocycles. The zero-order valence-corrected chi connectivity index (χ0v) is 17.8. The lowest BCUT2D eigenvalue weighted by Crippen LogP contribution is -2.44. The van der Waals surface area contributed by atoms with Crippen LogP contribution in [0.25, 0.3) is 0 Å². The summed E-state index contributed by atoms with van der Waals surface area (Å²) in [6, 6.07) is 6.22. The minimum atomic E-state index is -3.46. The van der Waals surface area contributed by atoms with Gasteiger partial charge in [-0.05, 0) is 50.4 Å². The number of alkyl carbamates (subject to hydrolysis) is 1. The van der Waals surface area contributed by atoms with E-state index in [0.717, 1.165) is 12.0 Å². The third kappa shape index (κ3) is 8.71. The highest BCUT2D eigenvalue weighted by molar-refractivity contribution is 7.89. The molecule has 0 bridgehead atoms. The van der Waals surface area contributed by atoms with Crippen LogP contribution in [-0.2, 0) is 26.0 Å². The molecule has 0 aliphatic heterocycles. The minimum Gasteiger partial charge on any atom is -0.450 e. The van der Waals surface area contributed by atoms with Crippen molar-refractivity contribution < 1.29 is 22.7 Å². The first kappa shape index (κ1) is 23.9. The third-order valence-electron chi connectivity index (χ3n) is 4.04. The Morgan fingerprint density at radius 1 is 1.14 bits per heavy atom. The van der Waals surface area contributed by atoms with Crippen LogP contribution < -0.4 is 15.4 Å². The summed E-state index contributed by atoms with van der Waals surface area (Å²) in [4.78, 5) is 23.9. The van der Waals surface area contributed by atoms with E-state index < -0.39 is 16.1 Å². The van der Waals surface area contributed by atoms with Gasteiger partial charge in [-0.25, -0.2) is 17.9 Å². The van der Waals surface area contributed by atoms with Crippen molar-refractivity contribution in [1.82, 2.24) is 15.4 Å². The topological polar surface area (TPSA) is 114 Å². The summed E-state index contributed by atoms with van der Waals surface area (Å²) in [7, 11) is -2.10. The Morgan fingerprint density at radius 3 is 2.32 bits per heavy atom. The molecule has 1 rings (SSSR count). The van der Waals surface area contributed by atoms with E-state index in [1.54, 1.807) is 19.1 Å². The summed E-state index contributed by atoms with van der Waals surface area (Å²) in [6.07, 6.45) is 0.997. The Hall–Kier alpha value is -2.13. The van der Waals surface area contributed by atoms with Gasteiger partial charge in [-0.1, -0.05) is 26.0 Å². The number of ether oxygens (including phenoxy) is 1. The molecule has 0 aromatic heterocycles. The van der Waals surface area contributed by atoms with Crippen LogP contribution in [0.15, 0.2) is 29.2 Å². The van der Waals surface area contributed by atoms with E-state index >= 15 is 0 Å². The van der Waals surface area contributed by atoms with Gasteiger partial charge in [-0.3, -0.25) is 4.79 Å². The van der Waals surface area contributed by atoms with Crippen LogP contribution in [0, 0.1) is 5.92 Å². The van der Waals surface area contributed by atoms with Crippen molar-refractivity contribution in [2.45, 2.75) is 51.0 Å². The minimum absolute atomic E-state index is 0.133. The molecule has 28 heavy (non-hydrogen) atoms. The van der Waals surface area contributed by atoms with Crippen molar-refractivity contribution in [3.63, 3.8) is 0 Å². The molecule has 8 nitrogen and oxygen atoms in total. The van der Waals surface area contributed by atoms with Crippen LogP contribution >= 0.6 is 0 Å². The first-order valence-electron chi connectivity index (χ1n) is 9.40. The van der Waals surface area contributed by atoms with Crippen molar-refractivity contribution in [1.29, 1.82) is 0 Å². The molecule has 2 amide bonds. The van der Waals surface area contributed by atoms with Gasteiger partial charge in [0.2, 0.25) is 15.9 Å². The van der Waals surface area contributed by atoms with Gasteiger partial charge in [0.15, 0.2) is 0 Å². The number of nitrogens with one attached hydrogen (secondary N) is 3. The Labute approximate surface area is 167 Å². The second-order valence-electron chi connectivity index (χ2n) is 6.85. The summed E-state index contributed by atoms with van der Waals surface area (Å²) < 4.78 is 30.6. The quantitative estimate of drug-likeness (QED) is 0.512. The molecular weight excluding hydrogens is 382 g/mol. The monoisotopic (exact) mass is 413 g/mol. The normalized spacial score (nSPS) is 12.5. The maximum Gasteiger partial charge on any atom is 0.407 e. The highest BCUT2D eigenvalue weighted by Crippen LogP contribution is 2.11. The average molecular weight is 414 g/mol. The lowest BCUT2D eigenvalue weighted by molar-refractivity contribution is -0.121. The number of amides is 2. The number of hydrogen-bond donors (Lipinski definition) is 3. The van der Waals surface area contributed by atoms with Crippen LogP contribution in [0.5, 0.6) is 0 Å². The van der Waals surface area contributed by atoms with E-state index in [1.165, 1.54) is 19.2 Å². The molecule has 0 aliphatic carbocycles. The van der Waals surface area contributed by atoms with Gasteiger partial charge in [0.25, 0.3) is 0 Å². The van der Waals surface area contributed by atoms with Crippen LogP contribution in [0.2, 0.25) is 0 Å². The number of benzene rings is 1. The van der Waals surface area contributed by atoms with Crippen molar-refractivity contribution in [3.05, 3.63) is 29.8 Å². The zero-order chi connectivity index (χ0) is 21.2. The fraction of sp³-hybridized carbons (Fsp3) is 0.579. The van der Waals surface area contributed by atoms with E-state index in [4.69, 9.17) is 4.74 Å². The summed E-state index contributed by atoms with van der Waals surface area (Å²) in [5, 5.41) is 5.60. The summed E-state index contributed by atoms with van der Waals surface area (Å²) in [5.74, 6) is 0.225. The van der Waals surface area contributed by atoms with Gasteiger partial charge in [-0.2, -0.15) is 0 Å². The average Bonchev–Trinajstić information content (AvgIpc) is 2.64. The molecule has 0 radical (unpaired) electrons. The Morgan fingerprint density at radius 2 is 1.79 bits per heavy atom. The molecule has 3 N–H and O–H groups in total. The first-order valence-corrected chi connectivity index (χ1v) is 10.9. The maximum absolute atomic E-state index is 12.1. The number of carbonyl (C=O) groups excluding carboxylic acids is 2. The summed E-state index contributed by atoms with van der Waals surface area (Å²) in [6.45, 7) is 6.44. The predicted molar refractivity (Wildman–Crippen MR) is 107 cm³/mol. The van der Waals surface area contributed by atoms with Gasteiger partial charge < -0.3 is 15.4 Å². The predicted octanol–water partition coefficient (Wildman–Crippen LogP) is 1.80. The maximum atomic E-state index is 12.1. The number of aryl methyl sites for hydroxylation is 1. The molecule has 0 aliphatic rings. The Kier molecular flexibility index (Phi) is 9.95. The molecule has 9 heteroatoms. The van der Waals surface area contributed by atoms with Gasteiger partial charge in [0.05, 0.1) is 11.5 Å². The van der Waals surface area contributed by atoms with Crippen molar-refractivity contribution >= 4 is 22.0 Å². The van der Waals surface area contributed by atoms with E-state index in [9.17, 15) is 18.0 Å². The largest absolute Gasteiger partial charge is 0.450 e. The van der Waals surface area contributed by atoms with Gasteiger partial charge in [-0.15, -0.1) is 0 Å². The molecule has 1 aromatic rings. The second kappa shape index (κ2) is 11.7. The summed E-state index contributed by atoms with van der Waals surface area (Å²) >= 11 is 0. The lowest BCUT2D eigenvalue weighted by Gasteiger charge is -2.20. The molecule has 0 spiro atoms. The summed E-state index contributed by atoms with van der Waals surface area (Å²) in [5.41, 5.74) is 0.869. The van der Waals surface area contributed by atoms with Crippen LogP contribution in [0.4, 0.5) is 4.79 Å². The molecule has 1 unspecified atom stereocenters. The van der Waals surface area contributed by atoms with Crippen molar-refractivity contribution in [3.8, 4) is 0 Å². The second-order valence-corrected chi connectivity index (χ2v) is 8.73. The molecular formula is C19H31N3O5S. The van der Waals surface area contributed by atoms with Gasteiger partial charge >= 0.3 is 6.09 Å². The fourth-order valence-corrected chi connectivity index (χ4v) is 3.37. The van der Waals surface area contributed by atoms with Crippen LogP contribution in [0.1, 0.15) is 39.2 Å². The molecule has 1 atom stereocenters. The lowest BCUT2D eigenvalue weighted by atomic mass is 10.0.